The zero-order valence-corrected chi connectivity index (χ0v) is 21.7. The number of hydrogen-bond donors (Lipinski definition) is 0. The maximum Gasteiger partial charge on any atom is 0.279 e. The molecular formula is C27H29ClN6O2. The van der Waals surface area contributed by atoms with Crippen LogP contribution >= 0.6 is 11.6 Å². The first-order valence-electron chi connectivity index (χ1n) is 12.4. The number of imidazole rings is 1. The quantitative estimate of drug-likeness (QED) is 0.374. The molecule has 36 heavy (non-hydrogen) atoms. The normalized spacial score (nSPS) is 18.6. The number of aromatic nitrogens is 5. The number of nitrogens with zero attached hydrogens (tertiary/aromatic N) is 6. The first-order chi connectivity index (χ1) is 17.3. The average Bonchev–Trinajstić information content (AvgIpc) is 3.52. The maximum atomic E-state index is 14.2. The molecule has 0 N–H and O–H groups in total. The highest BCUT2D eigenvalue weighted by Crippen LogP contribution is 2.45. The number of carbonyl (C=O) groups is 1. The largest absolute Gasteiger partial charge is 0.381 e. The Labute approximate surface area is 214 Å². The van der Waals surface area contributed by atoms with Gasteiger partial charge in [-0.15, -0.1) is 5.10 Å². The zero-order valence-electron chi connectivity index (χ0n) is 20.9. The summed E-state index contributed by atoms with van der Waals surface area (Å²) in [6.45, 7) is 7.77. The van der Waals surface area contributed by atoms with Crippen molar-refractivity contribution in [1.82, 2.24) is 24.5 Å². The fourth-order valence-electron chi connectivity index (χ4n) is 5.66. The smallest absolute Gasteiger partial charge is 0.279 e. The van der Waals surface area contributed by atoms with Crippen molar-refractivity contribution in [1.29, 1.82) is 0 Å². The summed E-state index contributed by atoms with van der Waals surface area (Å²) in [4.78, 5) is 21.1. The summed E-state index contributed by atoms with van der Waals surface area (Å²) in [7, 11) is 1.87. The molecular weight excluding hydrogens is 476 g/mol. The Hall–Kier alpha value is -3.23. The molecule has 1 fully saturated rings. The number of fused-ring (bicyclic) bond motifs is 2. The first-order valence-corrected chi connectivity index (χ1v) is 12.8. The lowest BCUT2D eigenvalue weighted by Gasteiger charge is -2.30. The Balaban J connectivity index is 1.57. The molecule has 2 aliphatic rings. The van der Waals surface area contributed by atoms with Gasteiger partial charge in [-0.05, 0) is 69.0 Å². The van der Waals surface area contributed by atoms with Crippen LogP contribution in [-0.2, 0) is 11.8 Å². The van der Waals surface area contributed by atoms with Crippen molar-refractivity contribution < 1.29 is 9.53 Å². The second kappa shape index (κ2) is 8.71. The van der Waals surface area contributed by atoms with E-state index in [2.05, 4.69) is 28.7 Å². The van der Waals surface area contributed by atoms with Crippen LogP contribution in [0.5, 0.6) is 0 Å². The van der Waals surface area contributed by atoms with Gasteiger partial charge in [0.15, 0.2) is 5.69 Å². The Kier molecular flexibility index (Phi) is 5.61. The molecule has 0 unspecified atom stereocenters. The second-order valence-corrected chi connectivity index (χ2v) is 10.5. The molecule has 4 heterocycles. The van der Waals surface area contributed by atoms with Crippen molar-refractivity contribution in [2.75, 3.05) is 18.1 Å². The minimum Gasteiger partial charge on any atom is -0.381 e. The molecule has 0 aliphatic carbocycles. The number of anilines is 1. The lowest BCUT2D eigenvalue weighted by Crippen LogP contribution is -2.31. The van der Waals surface area contributed by atoms with Gasteiger partial charge in [-0.2, -0.15) is 0 Å². The van der Waals surface area contributed by atoms with Crippen LogP contribution in [0, 0.1) is 6.92 Å². The van der Waals surface area contributed by atoms with E-state index in [1.54, 1.807) is 4.68 Å². The van der Waals surface area contributed by atoms with Gasteiger partial charge in [0.25, 0.3) is 5.91 Å². The molecule has 1 saturated heterocycles. The summed E-state index contributed by atoms with van der Waals surface area (Å²) in [6.07, 6.45) is 1.82. The van der Waals surface area contributed by atoms with Gasteiger partial charge in [-0.3, -0.25) is 9.69 Å². The van der Waals surface area contributed by atoms with Crippen LogP contribution < -0.4 is 4.90 Å². The van der Waals surface area contributed by atoms with Gasteiger partial charge >= 0.3 is 0 Å². The van der Waals surface area contributed by atoms with Crippen molar-refractivity contribution in [2.24, 2.45) is 7.05 Å². The molecule has 0 radical (unpaired) electrons. The minimum atomic E-state index is -0.328. The molecule has 0 saturated carbocycles. The topological polar surface area (TPSA) is 78.1 Å². The fraction of sp³-hybridized carbons (Fsp3) is 0.407. The van der Waals surface area contributed by atoms with Crippen LogP contribution in [0.4, 0.5) is 5.69 Å². The molecule has 0 spiro atoms. The summed E-state index contributed by atoms with van der Waals surface area (Å²) in [5.74, 6) is 1.18. The summed E-state index contributed by atoms with van der Waals surface area (Å²) in [6, 6.07) is 11.6. The predicted molar refractivity (Wildman–Crippen MR) is 139 cm³/mol. The van der Waals surface area contributed by atoms with Gasteiger partial charge in [0, 0.05) is 42.9 Å². The molecule has 186 valence electrons. The average molecular weight is 505 g/mol. The van der Waals surface area contributed by atoms with Crippen LogP contribution in [0.3, 0.4) is 0 Å². The number of carbonyl (C=O) groups excluding carboxylic acids is 1. The standard InChI is InChI=1S/C27H29ClN6O2/c1-15(2)33-25-23(29-26(33)18-9-11-36-12-10-18)27(35)34(24(25)17-5-7-19(28)8-6-17)20-13-16(3)22-21(14-20)32(4)31-30-22/h5-8,13-15,18,24H,9-12H2,1-4H3/t24-/m1/s1. The number of ether oxygens (including phenoxy) is 1. The third-order valence-electron chi connectivity index (χ3n) is 7.37. The number of rotatable bonds is 4. The second-order valence-electron chi connectivity index (χ2n) is 10.0. The molecule has 1 atom stereocenters. The van der Waals surface area contributed by atoms with Crippen LogP contribution in [0.2, 0.25) is 5.02 Å². The first kappa shape index (κ1) is 23.2. The predicted octanol–water partition coefficient (Wildman–Crippen LogP) is 5.35. The highest BCUT2D eigenvalue weighted by molar-refractivity contribution is 6.30. The summed E-state index contributed by atoms with van der Waals surface area (Å²) >= 11 is 6.25. The molecule has 4 aromatic rings. The van der Waals surface area contributed by atoms with E-state index in [0.29, 0.717) is 10.7 Å². The van der Waals surface area contributed by atoms with Gasteiger partial charge in [-0.25, -0.2) is 9.67 Å². The Morgan fingerprint density at radius 3 is 2.53 bits per heavy atom. The van der Waals surface area contributed by atoms with Gasteiger partial charge in [0.1, 0.15) is 17.4 Å². The van der Waals surface area contributed by atoms with Crippen molar-refractivity contribution >= 4 is 34.2 Å². The third kappa shape index (κ3) is 3.54. The Morgan fingerprint density at radius 1 is 1.11 bits per heavy atom. The van der Waals surface area contributed by atoms with E-state index in [-0.39, 0.29) is 23.9 Å². The third-order valence-corrected chi connectivity index (χ3v) is 7.63. The fourth-order valence-corrected chi connectivity index (χ4v) is 5.78. The molecule has 9 heteroatoms. The van der Waals surface area contributed by atoms with Crippen LogP contribution in [0.1, 0.15) is 77.8 Å². The molecule has 6 rings (SSSR count). The van der Waals surface area contributed by atoms with Crippen molar-refractivity contribution in [2.45, 2.75) is 51.6 Å². The number of amides is 1. The van der Waals surface area contributed by atoms with Crippen molar-refractivity contribution in [3.8, 4) is 0 Å². The lowest BCUT2D eigenvalue weighted by atomic mass is 9.98. The number of aryl methyl sites for hydroxylation is 2. The molecule has 1 amide bonds. The number of halogens is 1. The summed E-state index contributed by atoms with van der Waals surface area (Å²) < 4.78 is 9.64. The van der Waals surface area contributed by atoms with E-state index in [0.717, 1.165) is 65.4 Å². The molecule has 8 nitrogen and oxygen atoms in total. The monoisotopic (exact) mass is 504 g/mol. The van der Waals surface area contributed by atoms with E-state index in [9.17, 15) is 4.79 Å². The molecule has 2 aromatic heterocycles. The lowest BCUT2D eigenvalue weighted by molar-refractivity contribution is 0.0824. The SMILES string of the molecule is Cc1cc(N2C(=O)c3nc(C4CCOCC4)n(C(C)C)c3[C@H]2c2ccc(Cl)cc2)cc2c1nnn2C. The number of hydrogen-bond acceptors (Lipinski definition) is 5. The van der Waals surface area contributed by atoms with Gasteiger partial charge < -0.3 is 9.30 Å². The van der Waals surface area contributed by atoms with E-state index >= 15 is 0 Å². The van der Waals surface area contributed by atoms with Gasteiger partial charge in [-0.1, -0.05) is 28.9 Å². The van der Waals surface area contributed by atoms with Crippen molar-refractivity contribution in [3.63, 3.8) is 0 Å². The van der Waals surface area contributed by atoms with Gasteiger partial charge in [0.2, 0.25) is 0 Å². The van der Waals surface area contributed by atoms with Gasteiger partial charge in [0.05, 0.1) is 11.2 Å². The minimum absolute atomic E-state index is 0.0912. The molecule has 2 aliphatic heterocycles. The van der Waals surface area contributed by atoms with E-state index in [4.69, 9.17) is 21.3 Å². The molecule has 2 aromatic carbocycles. The van der Waals surface area contributed by atoms with E-state index in [1.165, 1.54) is 0 Å². The molecule has 0 bridgehead atoms. The highest BCUT2D eigenvalue weighted by atomic mass is 35.5. The zero-order chi connectivity index (χ0) is 25.1. The Bertz CT molecular complexity index is 1470. The summed E-state index contributed by atoms with van der Waals surface area (Å²) in [5.41, 5.74) is 5.96. The summed E-state index contributed by atoms with van der Waals surface area (Å²) in [5, 5.41) is 9.13. The maximum absolute atomic E-state index is 14.2. The highest BCUT2D eigenvalue weighted by Gasteiger charge is 2.45. The van der Waals surface area contributed by atoms with E-state index < -0.39 is 0 Å². The Morgan fingerprint density at radius 2 is 1.83 bits per heavy atom. The van der Waals surface area contributed by atoms with E-state index in [1.807, 2.05) is 55.3 Å². The van der Waals surface area contributed by atoms with Crippen LogP contribution in [0.25, 0.3) is 11.0 Å². The van der Waals surface area contributed by atoms with Crippen LogP contribution in [0.15, 0.2) is 36.4 Å². The number of benzene rings is 2. The van der Waals surface area contributed by atoms with Crippen LogP contribution in [-0.4, -0.2) is 43.7 Å². The van der Waals surface area contributed by atoms with Crippen molar-refractivity contribution in [3.05, 3.63) is 69.8 Å².